The SMILES string of the molecule is O=S(=O)(Cl)C1CC1c1cccs1. The van der Waals surface area contributed by atoms with E-state index in [1.54, 1.807) is 11.3 Å². The fourth-order valence-electron chi connectivity index (χ4n) is 1.28. The van der Waals surface area contributed by atoms with Crippen molar-refractivity contribution in [2.45, 2.75) is 17.6 Å². The summed E-state index contributed by atoms with van der Waals surface area (Å²) in [6.07, 6.45) is 0.687. The number of thiophene rings is 1. The van der Waals surface area contributed by atoms with Gasteiger partial charge in [0.25, 0.3) is 0 Å². The molecule has 2 nitrogen and oxygen atoms in total. The van der Waals surface area contributed by atoms with Crippen molar-refractivity contribution < 1.29 is 8.42 Å². The van der Waals surface area contributed by atoms with Crippen LogP contribution in [-0.4, -0.2) is 13.7 Å². The van der Waals surface area contributed by atoms with Crippen molar-refractivity contribution in [1.29, 1.82) is 0 Å². The van der Waals surface area contributed by atoms with E-state index in [4.69, 9.17) is 10.7 Å². The Kier molecular flexibility index (Phi) is 1.93. The third-order valence-corrected chi connectivity index (χ3v) is 4.94. The molecule has 2 atom stereocenters. The Hall–Kier alpha value is -0.0600. The first-order valence-electron chi connectivity index (χ1n) is 3.56. The van der Waals surface area contributed by atoms with Gasteiger partial charge in [-0.15, -0.1) is 11.3 Å². The number of hydrogen-bond donors (Lipinski definition) is 0. The standard InChI is InChI=1S/C7H7ClO2S2/c8-12(9,10)7-4-5(7)6-2-1-3-11-6/h1-3,5,7H,4H2. The van der Waals surface area contributed by atoms with Crippen LogP contribution in [0.2, 0.25) is 0 Å². The quantitative estimate of drug-likeness (QED) is 0.719. The summed E-state index contributed by atoms with van der Waals surface area (Å²) in [5.41, 5.74) is 0. The van der Waals surface area contributed by atoms with Crippen LogP contribution in [-0.2, 0) is 9.05 Å². The highest BCUT2D eigenvalue weighted by Gasteiger charge is 2.47. The Labute approximate surface area is 79.6 Å². The average molecular weight is 223 g/mol. The van der Waals surface area contributed by atoms with E-state index < -0.39 is 9.05 Å². The van der Waals surface area contributed by atoms with Crippen LogP contribution in [0.25, 0.3) is 0 Å². The van der Waals surface area contributed by atoms with Crippen LogP contribution >= 0.6 is 22.0 Å². The molecule has 0 bridgehead atoms. The average Bonchev–Trinajstić information content (AvgIpc) is 2.60. The van der Waals surface area contributed by atoms with Crippen molar-refractivity contribution in [2.75, 3.05) is 0 Å². The zero-order valence-electron chi connectivity index (χ0n) is 6.10. The molecular formula is C7H7ClO2S2. The van der Waals surface area contributed by atoms with E-state index in [0.717, 1.165) is 4.88 Å². The van der Waals surface area contributed by atoms with Gasteiger partial charge in [0.05, 0.1) is 5.25 Å². The maximum atomic E-state index is 10.9. The van der Waals surface area contributed by atoms with E-state index in [1.807, 2.05) is 17.5 Å². The van der Waals surface area contributed by atoms with Crippen molar-refractivity contribution in [1.82, 2.24) is 0 Å². The second kappa shape index (κ2) is 2.72. The molecule has 1 aromatic rings. The van der Waals surface area contributed by atoms with Gasteiger partial charge >= 0.3 is 0 Å². The third-order valence-electron chi connectivity index (χ3n) is 2.00. The first-order valence-corrected chi connectivity index (χ1v) is 6.81. The molecule has 1 saturated carbocycles. The van der Waals surface area contributed by atoms with Crippen molar-refractivity contribution in [3.63, 3.8) is 0 Å². The molecule has 2 unspecified atom stereocenters. The van der Waals surface area contributed by atoms with E-state index in [-0.39, 0.29) is 11.2 Å². The second-order valence-corrected chi connectivity index (χ2v) is 6.70. The predicted octanol–water partition coefficient (Wildman–Crippen LogP) is 2.17. The Morgan fingerprint density at radius 2 is 2.33 bits per heavy atom. The lowest BCUT2D eigenvalue weighted by atomic mass is 10.3. The predicted molar refractivity (Wildman–Crippen MR) is 50.2 cm³/mol. The molecule has 5 heteroatoms. The molecule has 66 valence electrons. The smallest absolute Gasteiger partial charge is 0.212 e. The van der Waals surface area contributed by atoms with Gasteiger partial charge < -0.3 is 0 Å². The van der Waals surface area contributed by atoms with Crippen LogP contribution in [0.1, 0.15) is 17.2 Å². The minimum atomic E-state index is -3.33. The molecule has 12 heavy (non-hydrogen) atoms. The molecule has 0 amide bonds. The highest BCUT2D eigenvalue weighted by molar-refractivity contribution is 8.14. The van der Waals surface area contributed by atoms with Crippen LogP contribution in [0, 0.1) is 0 Å². The van der Waals surface area contributed by atoms with Crippen LogP contribution < -0.4 is 0 Å². The summed E-state index contributed by atoms with van der Waals surface area (Å²) in [5.74, 6) is 0.160. The highest BCUT2D eigenvalue weighted by atomic mass is 35.7. The molecule has 0 saturated heterocycles. The van der Waals surface area contributed by atoms with E-state index in [9.17, 15) is 8.42 Å². The molecule has 0 aliphatic heterocycles. The zero-order chi connectivity index (χ0) is 8.77. The van der Waals surface area contributed by atoms with Gasteiger partial charge in [0.2, 0.25) is 9.05 Å². The molecule has 1 fully saturated rings. The minimum Gasteiger partial charge on any atom is -0.212 e. The summed E-state index contributed by atoms with van der Waals surface area (Å²) in [4.78, 5) is 1.13. The lowest BCUT2D eigenvalue weighted by Crippen LogP contribution is -1.98. The van der Waals surface area contributed by atoms with Gasteiger partial charge in [-0.2, -0.15) is 0 Å². The monoisotopic (exact) mass is 222 g/mol. The largest absolute Gasteiger partial charge is 0.236 e. The maximum Gasteiger partial charge on any atom is 0.236 e. The molecule has 0 spiro atoms. The van der Waals surface area contributed by atoms with E-state index in [2.05, 4.69) is 0 Å². The number of hydrogen-bond acceptors (Lipinski definition) is 3. The molecule has 1 aliphatic rings. The van der Waals surface area contributed by atoms with E-state index in [0.29, 0.717) is 6.42 Å². The second-order valence-electron chi connectivity index (χ2n) is 2.87. The number of halogens is 1. The van der Waals surface area contributed by atoms with Gasteiger partial charge in [-0.3, -0.25) is 0 Å². The van der Waals surface area contributed by atoms with Gasteiger partial charge in [0.15, 0.2) is 0 Å². The van der Waals surface area contributed by atoms with Crippen LogP contribution in [0.15, 0.2) is 17.5 Å². The lowest BCUT2D eigenvalue weighted by Gasteiger charge is -1.91. The number of rotatable bonds is 2. The maximum absolute atomic E-state index is 10.9. The van der Waals surface area contributed by atoms with Gasteiger partial charge in [-0.25, -0.2) is 8.42 Å². The van der Waals surface area contributed by atoms with Crippen molar-refractivity contribution >= 4 is 31.1 Å². The zero-order valence-corrected chi connectivity index (χ0v) is 8.49. The molecule has 0 radical (unpaired) electrons. The van der Waals surface area contributed by atoms with Crippen molar-refractivity contribution in [3.8, 4) is 0 Å². The lowest BCUT2D eigenvalue weighted by molar-refractivity contribution is 0.608. The Morgan fingerprint density at radius 1 is 1.58 bits per heavy atom. The molecule has 0 N–H and O–H groups in total. The third kappa shape index (κ3) is 1.51. The van der Waals surface area contributed by atoms with Crippen LogP contribution in [0.3, 0.4) is 0 Å². The Morgan fingerprint density at radius 3 is 2.75 bits per heavy atom. The van der Waals surface area contributed by atoms with Gasteiger partial charge in [-0.05, 0) is 17.9 Å². The fourth-order valence-corrected chi connectivity index (χ4v) is 3.84. The molecule has 2 rings (SSSR count). The summed E-state index contributed by atoms with van der Waals surface area (Å²) in [7, 11) is 1.89. The van der Waals surface area contributed by atoms with Crippen molar-refractivity contribution in [3.05, 3.63) is 22.4 Å². The van der Waals surface area contributed by atoms with Crippen molar-refractivity contribution in [2.24, 2.45) is 0 Å². The molecule has 1 aliphatic carbocycles. The normalized spacial score (nSPS) is 28.8. The summed E-state index contributed by atoms with van der Waals surface area (Å²) in [6.45, 7) is 0. The first-order chi connectivity index (χ1) is 5.59. The summed E-state index contributed by atoms with van der Waals surface area (Å²) >= 11 is 1.59. The van der Waals surface area contributed by atoms with Crippen LogP contribution in [0.5, 0.6) is 0 Å². The van der Waals surface area contributed by atoms with E-state index >= 15 is 0 Å². The Bertz CT molecular complexity index is 368. The van der Waals surface area contributed by atoms with Gasteiger partial charge in [-0.1, -0.05) is 6.07 Å². The van der Waals surface area contributed by atoms with Gasteiger partial charge in [0, 0.05) is 21.5 Å². The van der Waals surface area contributed by atoms with Gasteiger partial charge in [0.1, 0.15) is 0 Å². The van der Waals surface area contributed by atoms with Crippen LogP contribution in [0.4, 0.5) is 0 Å². The Balaban J connectivity index is 2.16. The molecular weight excluding hydrogens is 216 g/mol. The summed E-state index contributed by atoms with van der Waals surface area (Å²) < 4.78 is 21.7. The minimum absolute atomic E-state index is 0.160. The van der Waals surface area contributed by atoms with E-state index in [1.165, 1.54) is 0 Å². The summed E-state index contributed by atoms with van der Waals surface area (Å²) in [5, 5.41) is 1.61. The molecule has 1 aromatic heterocycles. The summed E-state index contributed by atoms with van der Waals surface area (Å²) in [6, 6.07) is 3.88. The first kappa shape index (κ1) is 8.53. The fraction of sp³-hybridized carbons (Fsp3) is 0.429. The highest BCUT2D eigenvalue weighted by Crippen LogP contribution is 2.48. The topological polar surface area (TPSA) is 34.1 Å². The molecule has 1 heterocycles. The molecule has 0 aromatic carbocycles.